The van der Waals surface area contributed by atoms with Crippen molar-refractivity contribution in [2.75, 3.05) is 6.61 Å². The SMILES string of the molecule is Cc1ccccc1OCC(=O)NCc1nnc2ccccn12. The highest BCUT2D eigenvalue weighted by Gasteiger charge is 2.08. The Morgan fingerprint density at radius 3 is 2.86 bits per heavy atom. The molecule has 0 bridgehead atoms. The Morgan fingerprint density at radius 2 is 2.00 bits per heavy atom. The highest BCUT2D eigenvalue weighted by atomic mass is 16.5. The number of hydrogen-bond donors (Lipinski definition) is 1. The minimum Gasteiger partial charge on any atom is -0.484 e. The van der Waals surface area contributed by atoms with E-state index in [4.69, 9.17) is 4.74 Å². The van der Waals surface area contributed by atoms with E-state index in [9.17, 15) is 4.79 Å². The first-order valence-corrected chi connectivity index (χ1v) is 6.98. The molecule has 6 heteroatoms. The number of ether oxygens (including phenoxy) is 1. The Balaban J connectivity index is 1.55. The van der Waals surface area contributed by atoms with Gasteiger partial charge in [0, 0.05) is 6.20 Å². The topological polar surface area (TPSA) is 68.5 Å². The number of aryl methyl sites for hydroxylation is 1. The Labute approximate surface area is 127 Å². The van der Waals surface area contributed by atoms with Crippen molar-refractivity contribution in [3.63, 3.8) is 0 Å². The highest BCUT2D eigenvalue weighted by molar-refractivity contribution is 5.77. The van der Waals surface area contributed by atoms with Gasteiger partial charge in [-0.3, -0.25) is 9.20 Å². The predicted octanol–water partition coefficient (Wildman–Crippen LogP) is 1.73. The van der Waals surface area contributed by atoms with Gasteiger partial charge < -0.3 is 10.1 Å². The third-order valence-electron chi connectivity index (χ3n) is 3.28. The monoisotopic (exact) mass is 296 g/mol. The number of aromatic nitrogens is 3. The molecule has 1 amide bonds. The molecule has 112 valence electrons. The number of pyridine rings is 1. The molecule has 6 nitrogen and oxygen atoms in total. The molecule has 3 aromatic rings. The van der Waals surface area contributed by atoms with E-state index < -0.39 is 0 Å². The lowest BCUT2D eigenvalue weighted by molar-refractivity contribution is -0.123. The number of carbonyl (C=O) groups excluding carboxylic acids is 1. The number of nitrogens with zero attached hydrogens (tertiary/aromatic N) is 3. The van der Waals surface area contributed by atoms with Gasteiger partial charge in [0.15, 0.2) is 18.1 Å². The molecule has 0 radical (unpaired) electrons. The normalized spacial score (nSPS) is 10.6. The zero-order valence-corrected chi connectivity index (χ0v) is 12.2. The number of nitrogens with one attached hydrogen (secondary N) is 1. The number of fused-ring (bicyclic) bond motifs is 1. The van der Waals surface area contributed by atoms with Crippen molar-refractivity contribution in [3.8, 4) is 5.75 Å². The van der Waals surface area contributed by atoms with Crippen LogP contribution in [0.25, 0.3) is 5.65 Å². The van der Waals surface area contributed by atoms with Gasteiger partial charge in [0.05, 0.1) is 6.54 Å². The van der Waals surface area contributed by atoms with Crippen LogP contribution in [0.3, 0.4) is 0 Å². The second-order valence-corrected chi connectivity index (χ2v) is 4.88. The van der Waals surface area contributed by atoms with Gasteiger partial charge in [-0.05, 0) is 30.7 Å². The minimum atomic E-state index is -0.198. The second-order valence-electron chi connectivity index (χ2n) is 4.88. The number of carbonyl (C=O) groups is 1. The standard InChI is InChI=1S/C16H16N4O2/c1-12-6-2-3-7-13(12)22-11-16(21)17-10-15-19-18-14-8-4-5-9-20(14)15/h2-9H,10-11H2,1H3,(H,17,21). The van der Waals surface area contributed by atoms with Crippen LogP contribution < -0.4 is 10.1 Å². The van der Waals surface area contributed by atoms with Crippen LogP contribution in [-0.4, -0.2) is 27.1 Å². The molecule has 1 N–H and O–H groups in total. The highest BCUT2D eigenvalue weighted by Crippen LogP contribution is 2.15. The van der Waals surface area contributed by atoms with Crippen molar-refractivity contribution in [1.82, 2.24) is 19.9 Å². The van der Waals surface area contributed by atoms with E-state index in [-0.39, 0.29) is 12.5 Å². The molecule has 0 aliphatic rings. The van der Waals surface area contributed by atoms with Crippen LogP contribution in [-0.2, 0) is 11.3 Å². The second kappa shape index (κ2) is 6.26. The van der Waals surface area contributed by atoms with Gasteiger partial charge in [0.2, 0.25) is 0 Å². The summed E-state index contributed by atoms with van der Waals surface area (Å²) in [6.45, 7) is 2.22. The first-order chi connectivity index (χ1) is 10.7. The van der Waals surface area contributed by atoms with E-state index in [1.807, 2.05) is 60.0 Å². The zero-order chi connectivity index (χ0) is 15.4. The number of benzene rings is 1. The van der Waals surface area contributed by atoms with Crippen LogP contribution in [0, 0.1) is 6.92 Å². The Kier molecular flexibility index (Phi) is 4.00. The molecular weight excluding hydrogens is 280 g/mol. The minimum absolute atomic E-state index is 0.0262. The van der Waals surface area contributed by atoms with Crippen LogP contribution in [0.4, 0.5) is 0 Å². The summed E-state index contributed by atoms with van der Waals surface area (Å²) in [5.74, 6) is 1.20. The lowest BCUT2D eigenvalue weighted by atomic mass is 10.2. The molecular formula is C16H16N4O2. The van der Waals surface area contributed by atoms with E-state index in [2.05, 4.69) is 15.5 Å². The first kappa shape index (κ1) is 14.1. The van der Waals surface area contributed by atoms with Gasteiger partial charge in [-0.1, -0.05) is 24.3 Å². The molecule has 0 saturated carbocycles. The quantitative estimate of drug-likeness (QED) is 0.778. The maximum Gasteiger partial charge on any atom is 0.258 e. The molecule has 0 atom stereocenters. The first-order valence-electron chi connectivity index (χ1n) is 6.98. The number of para-hydroxylation sites is 1. The molecule has 2 heterocycles. The average Bonchev–Trinajstić information content (AvgIpc) is 2.95. The molecule has 1 aromatic carbocycles. The summed E-state index contributed by atoms with van der Waals surface area (Å²) in [5.41, 5.74) is 1.75. The van der Waals surface area contributed by atoms with Crippen molar-refractivity contribution in [1.29, 1.82) is 0 Å². The van der Waals surface area contributed by atoms with E-state index >= 15 is 0 Å². The van der Waals surface area contributed by atoms with Gasteiger partial charge in [-0.2, -0.15) is 0 Å². The van der Waals surface area contributed by atoms with E-state index in [0.717, 1.165) is 11.2 Å². The average molecular weight is 296 g/mol. The van der Waals surface area contributed by atoms with Gasteiger partial charge in [-0.25, -0.2) is 0 Å². The van der Waals surface area contributed by atoms with Crippen molar-refractivity contribution in [2.24, 2.45) is 0 Å². The van der Waals surface area contributed by atoms with Gasteiger partial charge >= 0.3 is 0 Å². The third kappa shape index (κ3) is 3.06. The Hall–Kier alpha value is -2.89. The molecule has 0 saturated heterocycles. The van der Waals surface area contributed by atoms with Crippen LogP contribution in [0.15, 0.2) is 48.7 Å². The number of hydrogen-bond acceptors (Lipinski definition) is 4. The van der Waals surface area contributed by atoms with Crippen LogP contribution >= 0.6 is 0 Å². The lowest BCUT2D eigenvalue weighted by Crippen LogP contribution is -2.29. The summed E-state index contributed by atoms with van der Waals surface area (Å²) in [5, 5.41) is 10.9. The Bertz CT molecular complexity index is 797. The van der Waals surface area contributed by atoms with Crippen molar-refractivity contribution in [2.45, 2.75) is 13.5 Å². The van der Waals surface area contributed by atoms with Crippen molar-refractivity contribution >= 4 is 11.6 Å². The van der Waals surface area contributed by atoms with Crippen LogP contribution in [0.5, 0.6) is 5.75 Å². The molecule has 2 aromatic heterocycles. The fraction of sp³-hybridized carbons (Fsp3) is 0.188. The van der Waals surface area contributed by atoms with Gasteiger partial charge in [-0.15, -0.1) is 10.2 Å². The molecule has 0 aliphatic heterocycles. The maximum atomic E-state index is 11.9. The maximum absolute atomic E-state index is 11.9. The zero-order valence-electron chi connectivity index (χ0n) is 12.2. The van der Waals surface area contributed by atoms with Crippen molar-refractivity contribution < 1.29 is 9.53 Å². The van der Waals surface area contributed by atoms with Crippen molar-refractivity contribution in [3.05, 3.63) is 60.0 Å². The smallest absolute Gasteiger partial charge is 0.258 e. The Morgan fingerprint density at radius 1 is 1.18 bits per heavy atom. The summed E-state index contributed by atoms with van der Waals surface area (Å²) < 4.78 is 7.34. The fourth-order valence-corrected chi connectivity index (χ4v) is 2.10. The molecule has 0 unspecified atom stereocenters. The molecule has 0 aliphatic carbocycles. The molecule has 0 spiro atoms. The largest absolute Gasteiger partial charge is 0.484 e. The van der Waals surface area contributed by atoms with Gasteiger partial charge in [0.1, 0.15) is 5.75 Å². The van der Waals surface area contributed by atoms with E-state index in [1.165, 1.54) is 0 Å². The predicted molar refractivity (Wildman–Crippen MR) is 81.5 cm³/mol. The number of rotatable bonds is 5. The van der Waals surface area contributed by atoms with E-state index in [1.54, 1.807) is 0 Å². The molecule has 22 heavy (non-hydrogen) atoms. The molecule has 0 fully saturated rings. The van der Waals surface area contributed by atoms with Gasteiger partial charge in [0.25, 0.3) is 5.91 Å². The van der Waals surface area contributed by atoms with Crippen LogP contribution in [0.2, 0.25) is 0 Å². The summed E-state index contributed by atoms with van der Waals surface area (Å²) in [4.78, 5) is 11.9. The summed E-state index contributed by atoms with van der Waals surface area (Å²) in [6.07, 6.45) is 1.86. The third-order valence-corrected chi connectivity index (χ3v) is 3.28. The van der Waals surface area contributed by atoms with Crippen LogP contribution in [0.1, 0.15) is 11.4 Å². The molecule has 3 rings (SSSR count). The van der Waals surface area contributed by atoms with E-state index in [0.29, 0.717) is 18.1 Å². The summed E-state index contributed by atoms with van der Waals surface area (Å²) >= 11 is 0. The summed E-state index contributed by atoms with van der Waals surface area (Å²) in [7, 11) is 0. The fourth-order valence-electron chi connectivity index (χ4n) is 2.10. The summed E-state index contributed by atoms with van der Waals surface area (Å²) in [6, 6.07) is 13.2. The lowest BCUT2D eigenvalue weighted by Gasteiger charge is -2.08. The number of amides is 1.